The maximum Gasteiger partial charge on any atom is 0.175 e. The summed E-state index contributed by atoms with van der Waals surface area (Å²) in [5.74, 6) is 1.01. The predicted octanol–water partition coefficient (Wildman–Crippen LogP) is 15.2. The van der Waals surface area contributed by atoms with Gasteiger partial charge in [-0.15, -0.1) is 0 Å². The van der Waals surface area contributed by atoms with Gasteiger partial charge in [0.1, 0.15) is 5.75 Å². The third-order valence-electron chi connectivity index (χ3n) is 11.5. The Balaban J connectivity index is 1.44. The van der Waals surface area contributed by atoms with Crippen molar-refractivity contribution in [3.63, 3.8) is 0 Å². The topological polar surface area (TPSA) is 16.4 Å². The molecule has 0 aliphatic carbocycles. The van der Waals surface area contributed by atoms with Gasteiger partial charge in [-0.2, -0.15) is 0 Å². The van der Waals surface area contributed by atoms with E-state index in [0.717, 1.165) is 38.4 Å². The van der Waals surface area contributed by atoms with Crippen molar-refractivity contribution in [2.75, 3.05) is 18.1 Å². The molecule has 0 N–H and O–H groups in total. The van der Waals surface area contributed by atoms with E-state index in [2.05, 4.69) is 104 Å². The summed E-state index contributed by atoms with van der Waals surface area (Å²) in [6.45, 7) is 12.7. The average Bonchev–Trinajstić information content (AvgIpc) is 3.18. The number of anilines is 1. The van der Waals surface area contributed by atoms with Crippen LogP contribution in [0.4, 0.5) is 5.69 Å². The second-order valence-electron chi connectivity index (χ2n) is 16.5. The van der Waals surface area contributed by atoms with Crippen LogP contribution in [0, 0.1) is 13.8 Å². The normalized spacial score (nSPS) is 11.3. The quantitative estimate of drug-likeness (QED) is 0.0448. The minimum Gasteiger partial charge on any atom is -0.494 e. The standard InChI is InChI=1S/C51H83N2O/c1-5-7-9-11-13-15-17-19-20-21-23-25-27-31-40-53(51-34-30-29-33-49(51)45-52-41-39-46(3)47(4)43-52)44-48-35-37-50(38-36-48)54-42-32-28-26-24-22-18-16-14-12-10-8-6-2/h29-30,33-39,41,43H,5-28,31-32,40,42,44-45H2,1-4H3/q+1. The van der Waals surface area contributed by atoms with E-state index in [9.17, 15) is 0 Å². The fourth-order valence-electron chi connectivity index (χ4n) is 7.81. The minimum atomic E-state index is 0.825. The molecular formula is C51H83N2O+. The largest absolute Gasteiger partial charge is 0.494 e. The van der Waals surface area contributed by atoms with Crippen molar-refractivity contribution >= 4 is 5.69 Å². The second kappa shape index (κ2) is 30.4. The number of hydrogen-bond donors (Lipinski definition) is 0. The Bertz CT molecular complexity index is 1320. The lowest BCUT2D eigenvalue weighted by molar-refractivity contribution is -0.688. The van der Waals surface area contributed by atoms with Gasteiger partial charge in [0.15, 0.2) is 18.9 Å². The van der Waals surface area contributed by atoms with Gasteiger partial charge in [0.25, 0.3) is 0 Å². The number of rotatable bonds is 34. The maximum absolute atomic E-state index is 6.19. The first-order chi connectivity index (χ1) is 26.6. The van der Waals surface area contributed by atoms with Crippen LogP contribution in [0.1, 0.15) is 203 Å². The van der Waals surface area contributed by atoms with E-state index in [1.54, 1.807) is 0 Å². The Labute approximate surface area is 334 Å². The molecule has 0 spiro atoms. The van der Waals surface area contributed by atoms with E-state index in [-0.39, 0.29) is 0 Å². The highest BCUT2D eigenvalue weighted by Crippen LogP contribution is 2.25. The number of aromatic nitrogens is 1. The molecule has 0 saturated carbocycles. The number of hydrogen-bond acceptors (Lipinski definition) is 2. The number of aryl methyl sites for hydroxylation is 2. The Morgan fingerprint density at radius 3 is 1.50 bits per heavy atom. The zero-order chi connectivity index (χ0) is 38.3. The van der Waals surface area contributed by atoms with Crippen molar-refractivity contribution in [3.05, 3.63) is 89.2 Å². The third-order valence-corrected chi connectivity index (χ3v) is 11.5. The molecule has 0 unspecified atom stereocenters. The highest BCUT2D eigenvalue weighted by Gasteiger charge is 2.15. The number of para-hydroxylation sites is 1. The van der Waals surface area contributed by atoms with Crippen molar-refractivity contribution in [1.82, 2.24) is 0 Å². The molecule has 3 heteroatoms. The first-order valence-electron chi connectivity index (χ1n) is 23.1. The van der Waals surface area contributed by atoms with Gasteiger partial charge in [0.05, 0.1) is 6.61 Å². The molecule has 0 radical (unpaired) electrons. The summed E-state index contributed by atoms with van der Waals surface area (Å²) in [5, 5.41) is 0. The van der Waals surface area contributed by atoms with Gasteiger partial charge in [0.2, 0.25) is 0 Å². The van der Waals surface area contributed by atoms with Crippen LogP contribution in [0.25, 0.3) is 0 Å². The number of pyridine rings is 1. The fourth-order valence-corrected chi connectivity index (χ4v) is 7.81. The first kappa shape index (κ1) is 45.6. The van der Waals surface area contributed by atoms with Crippen molar-refractivity contribution in [2.24, 2.45) is 0 Å². The van der Waals surface area contributed by atoms with Crippen molar-refractivity contribution in [1.29, 1.82) is 0 Å². The molecule has 2 aromatic carbocycles. The molecule has 3 nitrogen and oxygen atoms in total. The fraction of sp³-hybridized carbons (Fsp3) is 0.667. The van der Waals surface area contributed by atoms with Gasteiger partial charge in [-0.1, -0.05) is 198 Å². The smallest absolute Gasteiger partial charge is 0.175 e. The number of benzene rings is 2. The van der Waals surface area contributed by atoms with E-state index in [0.29, 0.717) is 0 Å². The Morgan fingerprint density at radius 2 is 0.981 bits per heavy atom. The molecular weight excluding hydrogens is 657 g/mol. The van der Waals surface area contributed by atoms with Gasteiger partial charge < -0.3 is 9.64 Å². The van der Waals surface area contributed by atoms with E-state index < -0.39 is 0 Å². The van der Waals surface area contributed by atoms with Crippen LogP contribution < -0.4 is 14.2 Å². The lowest BCUT2D eigenvalue weighted by Gasteiger charge is -2.27. The molecule has 0 fully saturated rings. The highest BCUT2D eigenvalue weighted by atomic mass is 16.5. The second-order valence-corrected chi connectivity index (χ2v) is 16.5. The van der Waals surface area contributed by atoms with Gasteiger partial charge in [-0.05, 0) is 56.0 Å². The molecule has 0 saturated heterocycles. The van der Waals surface area contributed by atoms with Crippen LogP contribution in [0.15, 0.2) is 67.0 Å². The molecule has 0 aliphatic heterocycles. The molecule has 0 bridgehead atoms. The van der Waals surface area contributed by atoms with Gasteiger partial charge in [-0.25, -0.2) is 4.57 Å². The summed E-state index contributed by atoms with van der Waals surface area (Å²) in [4.78, 5) is 2.64. The highest BCUT2D eigenvalue weighted by molar-refractivity contribution is 5.54. The van der Waals surface area contributed by atoms with Crippen LogP contribution in [0.5, 0.6) is 5.75 Å². The number of unbranched alkanes of at least 4 members (excludes halogenated alkanes) is 24. The molecule has 1 heterocycles. The van der Waals surface area contributed by atoms with Gasteiger partial charge in [-0.3, -0.25) is 0 Å². The van der Waals surface area contributed by atoms with Crippen LogP contribution in [0.2, 0.25) is 0 Å². The molecule has 0 aliphatic rings. The lowest BCUT2D eigenvalue weighted by Crippen LogP contribution is -2.35. The monoisotopic (exact) mass is 740 g/mol. The van der Waals surface area contributed by atoms with Crippen molar-refractivity contribution in [3.8, 4) is 5.75 Å². The molecule has 0 atom stereocenters. The zero-order valence-corrected chi connectivity index (χ0v) is 35.9. The van der Waals surface area contributed by atoms with E-state index in [4.69, 9.17) is 4.74 Å². The Hall–Kier alpha value is -2.81. The summed E-state index contributed by atoms with van der Waals surface area (Å²) < 4.78 is 8.53. The predicted molar refractivity (Wildman–Crippen MR) is 236 cm³/mol. The van der Waals surface area contributed by atoms with Gasteiger partial charge >= 0.3 is 0 Å². The summed E-state index contributed by atoms with van der Waals surface area (Å²) in [7, 11) is 0. The molecule has 54 heavy (non-hydrogen) atoms. The van der Waals surface area contributed by atoms with Crippen LogP contribution in [-0.4, -0.2) is 13.2 Å². The maximum atomic E-state index is 6.19. The summed E-state index contributed by atoms with van der Waals surface area (Å²) in [5.41, 5.74) is 6.80. The van der Waals surface area contributed by atoms with Crippen LogP contribution in [-0.2, 0) is 13.1 Å². The average molecular weight is 740 g/mol. The SMILES string of the molecule is CCCCCCCCCCCCCCCCN(Cc1ccc(OCCCCCCCCCCCCCC)cc1)c1ccccc1C[n+]1ccc(C)c(C)c1. The summed E-state index contributed by atoms with van der Waals surface area (Å²) >= 11 is 0. The number of nitrogens with zero attached hydrogens (tertiary/aromatic N) is 2. The molecule has 3 rings (SSSR count). The minimum absolute atomic E-state index is 0.825. The van der Waals surface area contributed by atoms with Crippen LogP contribution >= 0.6 is 0 Å². The van der Waals surface area contributed by atoms with E-state index in [1.807, 2.05) is 0 Å². The van der Waals surface area contributed by atoms with Gasteiger partial charge in [0, 0.05) is 36.0 Å². The summed E-state index contributed by atoms with van der Waals surface area (Å²) in [6.07, 6.45) is 40.5. The molecule has 1 aromatic heterocycles. The zero-order valence-electron chi connectivity index (χ0n) is 35.9. The Morgan fingerprint density at radius 1 is 0.500 bits per heavy atom. The first-order valence-corrected chi connectivity index (χ1v) is 23.1. The number of ether oxygens (including phenoxy) is 1. The van der Waals surface area contributed by atoms with Crippen molar-refractivity contribution in [2.45, 2.75) is 208 Å². The molecule has 302 valence electrons. The molecule has 0 amide bonds. The lowest BCUT2D eigenvalue weighted by atomic mass is 10.0. The van der Waals surface area contributed by atoms with E-state index >= 15 is 0 Å². The van der Waals surface area contributed by atoms with Crippen molar-refractivity contribution < 1.29 is 9.30 Å². The Kier molecular flexibility index (Phi) is 25.7. The van der Waals surface area contributed by atoms with E-state index in [1.165, 1.54) is 188 Å². The van der Waals surface area contributed by atoms with Crippen LogP contribution in [0.3, 0.4) is 0 Å². The third kappa shape index (κ3) is 20.8. The summed E-state index contributed by atoms with van der Waals surface area (Å²) in [6, 6.07) is 20.3. The molecule has 3 aromatic rings.